The molecule has 0 saturated carbocycles. The van der Waals surface area contributed by atoms with Crippen molar-refractivity contribution in [1.82, 2.24) is 10.6 Å². The Morgan fingerprint density at radius 1 is 0.469 bits per heavy atom. The number of carboxylic acids is 1. The molecule has 0 radical (unpaired) electrons. The fraction of sp³-hybridized carbons (Fsp3) is 0.782. The summed E-state index contributed by atoms with van der Waals surface area (Å²) in [5.74, 6) is -2.32. The van der Waals surface area contributed by atoms with E-state index in [2.05, 4.69) is 73.1 Å². The molecule has 0 heterocycles. The van der Waals surface area contributed by atoms with E-state index in [-0.39, 0.29) is 30.9 Å². The fourth-order valence-corrected chi connectivity index (χ4v) is 7.72. The average molecular weight is 899 g/mol. The quantitative estimate of drug-likeness (QED) is 0.0271. The molecule has 0 aromatic rings. The molecule has 0 aromatic carbocycles. The standard InChI is InChI=1S/C55H98N2O7/c1-3-5-7-9-11-13-15-17-18-19-20-21-22-23-24-25-26-28-30-32-34-39-43-47-54(61)64-50(44-40-36-33-31-29-27-16-14-12-10-8-6-4-2)45-41-37-35-38-42-46-52(59)56-48-53(60)57-51(49-58)55(62)63/h15-17,19-20,27,31,33,50-51,58H,3-14,18,21-26,28-30,32,34-49H2,1-2H3,(H,56,59)(H,57,60)(H,62,63)/b17-15-,20-19-,27-16-,33-31-. The molecule has 0 rings (SSSR count). The van der Waals surface area contributed by atoms with Gasteiger partial charge in [-0.2, -0.15) is 0 Å². The predicted molar refractivity (Wildman–Crippen MR) is 268 cm³/mol. The van der Waals surface area contributed by atoms with Crippen molar-refractivity contribution in [3.8, 4) is 0 Å². The van der Waals surface area contributed by atoms with Gasteiger partial charge in [-0.15, -0.1) is 0 Å². The Kier molecular flexibility index (Phi) is 46.8. The summed E-state index contributed by atoms with van der Waals surface area (Å²) in [6.45, 7) is 3.47. The molecule has 2 amide bonds. The summed E-state index contributed by atoms with van der Waals surface area (Å²) in [4.78, 5) is 47.8. The van der Waals surface area contributed by atoms with E-state index in [1.165, 1.54) is 141 Å². The number of rotatable bonds is 48. The second kappa shape index (κ2) is 49.2. The van der Waals surface area contributed by atoms with Gasteiger partial charge in [0.05, 0.1) is 13.2 Å². The number of aliphatic carboxylic acids is 1. The summed E-state index contributed by atoms with van der Waals surface area (Å²) in [5, 5.41) is 22.6. The molecule has 0 aliphatic rings. The number of unbranched alkanes of at least 4 members (excludes halogenated alkanes) is 26. The number of nitrogens with one attached hydrogen (secondary N) is 2. The fourth-order valence-electron chi connectivity index (χ4n) is 7.72. The predicted octanol–water partition coefficient (Wildman–Crippen LogP) is 14.3. The van der Waals surface area contributed by atoms with Gasteiger partial charge in [-0.05, 0) is 96.3 Å². The summed E-state index contributed by atoms with van der Waals surface area (Å²) in [7, 11) is 0. The van der Waals surface area contributed by atoms with Crippen LogP contribution in [0.2, 0.25) is 0 Å². The highest BCUT2D eigenvalue weighted by molar-refractivity contribution is 5.87. The van der Waals surface area contributed by atoms with Crippen LogP contribution >= 0.6 is 0 Å². The summed E-state index contributed by atoms with van der Waals surface area (Å²) in [6.07, 6.45) is 60.1. The van der Waals surface area contributed by atoms with E-state index in [1.807, 2.05) is 0 Å². The molecular weight excluding hydrogens is 801 g/mol. The van der Waals surface area contributed by atoms with Crippen LogP contribution in [-0.2, 0) is 23.9 Å². The number of esters is 1. The van der Waals surface area contributed by atoms with E-state index in [0.717, 1.165) is 77.0 Å². The van der Waals surface area contributed by atoms with Gasteiger partial charge in [-0.25, -0.2) is 4.79 Å². The molecule has 64 heavy (non-hydrogen) atoms. The molecule has 9 nitrogen and oxygen atoms in total. The molecule has 0 spiro atoms. The Morgan fingerprint density at radius 3 is 1.31 bits per heavy atom. The normalized spacial score (nSPS) is 12.8. The van der Waals surface area contributed by atoms with Crippen LogP contribution in [0.25, 0.3) is 0 Å². The SMILES string of the molecule is CCCCCCC/C=C\C/C=C\CCCCCCCCCCCCCC(=O)OC(CCC/C=C\C/C=C\CCCCCCC)CCCCCCCC(=O)NCC(=O)NC(CO)C(=O)O. The number of ether oxygens (including phenoxy) is 1. The van der Waals surface area contributed by atoms with Crippen LogP contribution in [0, 0.1) is 0 Å². The molecule has 0 saturated heterocycles. The zero-order chi connectivity index (χ0) is 46.8. The lowest BCUT2D eigenvalue weighted by atomic mass is 10.0. The molecule has 4 N–H and O–H groups in total. The van der Waals surface area contributed by atoms with Crippen molar-refractivity contribution >= 4 is 23.8 Å². The van der Waals surface area contributed by atoms with Crippen LogP contribution in [0.1, 0.15) is 251 Å². The summed E-state index contributed by atoms with van der Waals surface area (Å²) in [5.41, 5.74) is 0. The second-order valence-electron chi connectivity index (χ2n) is 18.0. The lowest BCUT2D eigenvalue weighted by Crippen LogP contribution is -2.47. The third kappa shape index (κ3) is 45.4. The second-order valence-corrected chi connectivity index (χ2v) is 18.0. The third-order valence-electron chi connectivity index (χ3n) is 11.8. The summed E-state index contributed by atoms with van der Waals surface area (Å²) >= 11 is 0. The first-order chi connectivity index (χ1) is 31.3. The molecule has 9 heteroatoms. The van der Waals surface area contributed by atoms with E-state index in [9.17, 15) is 19.2 Å². The van der Waals surface area contributed by atoms with Crippen LogP contribution in [0.15, 0.2) is 48.6 Å². The van der Waals surface area contributed by atoms with Crippen LogP contribution in [-0.4, -0.2) is 59.3 Å². The number of carboxylic acid groups (broad SMARTS) is 1. The van der Waals surface area contributed by atoms with E-state index < -0.39 is 24.5 Å². The molecule has 370 valence electrons. The van der Waals surface area contributed by atoms with Gasteiger partial charge in [-0.1, -0.05) is 191 Å². The van der Waals surface area contributed by atoms with Crippen LogP contribution in [0.5, 0.6) is 0 Å². The first kappa shape index (κ1) is 60.8. The molecule has 0 aliphatic carbocycles. The van der Waals surface area contributed by atoms with E-state index >= 15 is 0 Å². The first-order valence-corrected chi connectivity index (χ1v) is 26.5. The summed E-state index contributed by atoms with van der Waals surface area (Å²) < 4.78 is 6.04. The van der Waals surface area contributed by atoms with Gasteiger partial charge in [0, 0.05) is 12.8 Å². The molecule has 2 atom stereocenters. The number of aliphatic hydroxyl groups is 1. The zero-order valence-electron chi connectivity index (χ0n) is 41.3. The Hall–Kier alpha value is -3.20. The lowest BCUT2D eigenvalue weighted by molar-refractivity contribution is -0.150. The van der Waals surface area contributed by atoms with Gasteiger partial charge in [-0.3, -0.25) is 14.4 Å². The Morgan fingerprint density at radius 2 is 0.859 bits per heavy atom. The molecular formula is C55H98N2O7. The molecule has 0 aliphatic heterocycles. The van der Waals surface area contributed by atoms with Gasteiger partial charge < -0.3 is 25.6 Å². The topological polar surface area (TPSA) is 142 Å². The maximum absolute atomic E-state index is 12.9. The van der Waals surface area contributed by atoms with Crippen molar-refractivity contribution in [3.05, 3.63) is 48.6 Å². The number of carbonyl (C=O) groups is 4. The highest BCUT2D eigenvalue weighted by Gasteiger charge is 2.19. The van der Waals surface area contributed by atoms with E-state index in [1.54, 1.807) is 0 Å². The summed E-state index contributed by atoms with van der Waals surface area (Å²) in [6, 6.07) is -1.39. The Balaban J connectivity index is 4.26. The first-order valence-electron chi connectivity index (χ1n) is 26.5. The van der Waals surface area contributed by atoms with Gasteiger partial charge in [0.15, 0.2) is 0 Å². The number of hydrogen-bond donors (Lipinski definition) is 4. The van der Waals surface area contributed by atoms with Gasteiger partial charge in [0.2, 0.25) is 11.8 Å². The zero-order valence-corrected chi connectivity index (χ0v) is 41.3. The number of allylic oxidation sites excluding steroid dienone is 8. The Labute approximate surface area is 392 Å². The minimum Gasteiger partial charge on any atom is -0.480 e. The average Bonchev–Trinajstić information content (AvgIpc) is 3.28. The highest BCUT2D eigenvalue weighted by Crippen LogP contribution is 2.18. The van der Waals surface area contributed by atoms with Gasteiger partial charge in [0.1, 0.15) is 12.1 Å². The van der Waals surface area contributed by atoms with Crippen molar-refractivity contribution in [2.45, 2.75) is 264 Å². The number of carbonyl (C=O) groups excluding carboxylic acids is 3. The lowest BCUT2D eigenvalue weighted by Gasteiger charge is -2.18. The monoisotopic (exact) mass is 899 g/mol. The van der Waals surface area contributed by atoms with E-state index in [4.69, 9.17) is 14.9 Å². The van der Waals surface area contributed by atoms with Crippen molar-refractivity contribution < 1.29 is 34.1 Å². The van der Waals surface area contributed by atoms with Gasteiger partial charge >= 0.3 is 11.9 Å². The minimum absolute atomic E-state index is 0.0598. The number of aliphatic hydroxyl groups excluding tert-OH is 1. The maximum Gasteiger partial charge on any atom is 0.328 e. The van der Waals surface area contributed by atoms with Crippen molar-refractivity contribution in [2.24, 2.45) is 0 Å². The van der Waals surface area contributed by atoms with E-state index in [0.29, 0.717) is 12.8 Å². The van der Waals surface area contributed by atoms with Crippen LogP contribution < -0.4 is 10.6 Å². The van der Waals surface area contributed by atoms with Crippen LogP contribution in [0.4, 0.5) is 0 Å². The molecule has 0 aromatic heterocycles. The number of hydrogen-bond acceptors (Lipinski definition) is 6. The smallest absolute Gasteiger partial charge is 0.328 e. The van der Waals surface area contributed by atoms with Crippen molar-refractivity contribution in [3.63, 3.8) is 0 Å². The van der Waals surface area contributed by atoms with Crippen molar-refractivity contribution in [2.75, 3.05) is 13.2 Å². The Bertz CT molecular complexity index is 1210. The molecule has 0 bridgehead atoms. The maximum atomic E-state index is 12.9. The minimum atomic E-state index is -1.39. The van der Waals surface area contributed by atoms with Crippen molar-refractivity contribution in [1.29, 1.82) is 0 Å². The highest BCUT2D eigenvalue weighted by atomic mass is 16.5. The number of amides is 2. The molecule has 2 unspecified atom stereocenters. The third-order valence-corrected chi connectivity index (χ3v) is 11.8. The van der Waals surface area contributed by atoms with Crippen LogP contribution in [0.3, 0.4) is 0 Å². The molecule has 0 fully saturated rings. The van der Waals surface area contributed by atoms with Gasteiger partial charge in [0.25, 0.3) is 0 Å². The largest absolute Gasteiger partial charge is 0.480 e.